The van der Waals surface area contributed by atoms with Gasteiger partial charge in [0.2, 0.25) is 0 Å². The third-order valence-electron chi connectivity index (χ3n) is 4.15. The van der Waals surface area contributed by atoms with Gasteiger partial charge in [-0.3, -0.25) is 4.79 Å². The molecule has 1 aliphatic rings. The molecule has 20 heavy (non-hydrogen) atoms. The lowest BCUT2D eigenvalue weighted by molar-refractivity contribution is -0.148. The first kappa shape index (κ1) is 17.4. The Labute approximate surface area is 123 Å². The molecule has 1 fully saturated rings. The van der Waals surface area contributed by atoms with E-state index in [4.69, 9.17) is 9.47 Å². The summed E-state index contributed by atoms with van der Waals surface area (Å²) in [5.41, 5.74) is -0.569. The molecule has 118 valence electrons. The second-order valence-corrected chi connectivity index (χ2v) is 5.76. The Morgan fingerprint density at radius 1 is 1.45 bits per heavy atom. The number of carbonyl (C=O) groups is 1. The van der Waals surface area contributed by atoms with Gasteiger partial charge in [-0.25, -0.2) is 0 Å². The predicted octanol–water partition coefficient (Wildman–Crippen LogP) is 1.42. The molecule has 0 aromatic rings. The van der Waals surface area contributed by atoms with Crippen molar-refractivity contribution in [2.45, 2.75) is 51.2 Å². The van der Waals surface area contributed by atoms with E-state index in [2.05, 4.69) is 10.2 Å². The second kappa shape index (κ2) is 8.60. The number of hydrogen-bond acceptors (Lipinski definition) is 5. The molecule has 2 unspecified atom stereocenters. The molecule has 1 N–H and O–H groups in total. The van der Waals surface area contributed by atoms with Gasteiger partial charge in [0, 0.05) is 13.7 Å². The minimum Gasteiger partial charge on any atom is -0.468 e. The highest BCUT2D eigenvalue weighted by Crippen LogP contribution is 2.17. The summed E-state index contributed by atoms with van der Waals surface area (Å²) in [6.45, 7) is 7.85. The van der Waals surface area contributed by atoms with Crippen molar-refractivity contribution >= 4 is 5.97 Å². The second-order valence-electron chi connectivity index (χ2n) is 5.76. The van der Waals surface area contributed by atoms with Crippen LogP contribution in [0.4, 0.5) is 0 Å². The van der Waals surface area contributed by atoms with Gasteiger partial charge in [-0.05, 0) is 52.2 Å². The maximum Gasteiger partial charge on any atom is 0.325 e. The maximum atomic E-state index is 11.9. The van der Waals surface area contributed by atoms with E-state index in [0.717, 1.165) is 45.4 Å². The Kier molecular flexibility index (Phi) is 7.48. The monoisotopic (exact) mass is 286 g/mol. The van der Waals surface area contributed by atoms with Crippen molar-refractivity contribution in [1.82, 2.24) is 10.2 Å². The number of ether oxygens (including phenoxy) is 2. The molecule has 0 spiro atoms. The van der Waals surface area contributed by atoms with Crippen molar-refractivity contribution in [2.75, 3.05) is 40.4 Å². The van der Waals surface area contributed by atoms with Crippen LogP contribution >= 0.6 is 0 Å². The van der Waals surface area contributed by atoms with Gasteiger partial charge in [-0.1, -0.05) is 6.92 Å². The summed E-state index contributed by atoms with van der Waals surface area (Å²) in [5.74, 6) is -0.173. The molecule has 0 amide bonds. The molecule has 1 saturated heterocycles. The summed E-state index contributed by atoms with van der Waals surface area (Å²) in [4.78, 5) is 14.3. The van der Waals surface area contributed by atoms with Gasteiger partial charge in [0.1, 0.15) is 5.54 Å². The Bertz CT molecular complexity index is 299. The number of nitrogens with zero attached hydrogens (tertiary/aromatic N) is 1. The zero-order chi connectivity index (χ0) is 15.0. The van der Waals surface area contributed by atoms with Crippen LogP contribution in [0.3, 0.4) is 0 Å². The molecular weight excluding hydrogens is 256 g/mol. The topological polar surface area (TPSA) is 50.8 Å². The minimum atomic E-state index is -0.569. The third kappa shape index (κ3) is 5.04. The number of likely N-dealkylation sites (N-methyl/N-ethyl adjacent to an activating group) is 1. The molecule has 0 aliphatic carbocycles. The minimum absolute atomic E-state index is 0.173. The first-order valence-electron chi connectivity index (χ1n) is 7.64. The first-order valence-corrected chi connectivity index (χ1v) is 7.64. The smallest absolute Gasteiger partial charge is 0.325 e. The van der Waals surface area contributed by atoms with Crippen LogP contribution in [0.2, 0.25) is 0 Å². The average molecular weight is 286 g/mol. The standard InChI is InChI=1S/C15H30N2O3/c1-5-16-15(2,14(18)20-4)9-7-11-17-10-6-8-13(12-17)19-3/h13,16H,5-12H2,1-4H3. The fourth-order valence-corrected chi connectivity index (χ4v) is 2.94. The fourth-order valence-electron chi connectivity index (χ4n) is 2.94. The van der Waals surface area contributed by atoms with Crippen molar-refractivity contribution < 1.29 is 14.3 Å². The summed E-state index contributed by atoms with van der Waals surface area (Å²) < 4.78 is 10.3. The van der Waals surface area contributed by atoms with E-state index in [9.17, 15) is 4.79 Å². The van der Waals surface area contributed by atoms with Gasteiger partial charge in [-0.2, -0.15) is 0 Å². The number of piperidine rings is 1. The van der Waals surface area contributed by atoms with Crippen molar-refractivity contribution in [3.8, 4) is 0 Å². The molecule has 2 atom stereocenters. The van der Waals surface area contributed by atoms with Crippen LogP contribution < -0.4 is 5.32 Å². The average Bonchev–Trinajstić information content (AvgIpc) is 2.46. The molecule has 0 aromatic heterocycles. The third-order valence-corrected chi connectivity index (χ3v) is 4.15. The normalized spacial score (nSPS) is 23.3. The number of rotatable bonds is 8. The Morgan fingerprint density at radius 3 is 2.80 bits per heavy atom. The highest BCUT2D eigenvalue weighted by atomic mass is 16.5. The van der Waals surface area contributed by atoms with Crippen LogP contribution in [0, 0.1) is 0 Å². The molecule has 5 heteroatoms. The lowest BCUT2D eigenvalue weighted by atomic mass is 9.95. The van der Waals surface area contributed by atoms with Crippen LogP contribution in [0.15, 0.2) is 0 Å². The molecule has 0 bridgehead atoms. The molecule has 1 rings (SSSR count). The number of hydrogen-bond donors (Lipinski definition) is 1. The van der Waals surface area contributed by atoms with Crippen molar-refractivity contribution in [3.63, 3.8) is 0 Å². The molecular formula is C15H30N2O3. The van der Waals surface area contributed by atoms with E-state index in [-0.39, 0.29) is 5.97 Å². The van der Waals surface area contributed by atoms with E-state index in [1.54, 1.807) is 7.11 Å². The largest absolute Gasteiger partial charge is 0.468 e. The fraction of sp³-hybridized carbons (Fsp3) is 0.933. The van der Waals surface area contributed by atoms with E-state index in [1.165, 1.54) is 13.5 Å². The molecule has 0 radical (unpaired) electrons. The predicted molar refractivity (Wildman–Crippen MR) is 79.8 cm³/mol. The number of nitrogens with one attached hydrogen (secondary N) is 1. The van der Waals surface area contributed by atoms with Crippen LogP contribution in [0.5, 0.6) is 0 Å². The quantitative estimate of drug-likeness (QED) is 0.684. The van der Waals surface area contributed by atoms with Crippen molar-refractivity contribution in [1.29, 1.82) is 0 Å². The maximum absolute atomic E-state index is 11.9. The summed E-state index contributed by atoms with van der Waals surface area (Å²) in [6.07, 6.45) is 4.49. The van der Waals surface area contributed by atoms with Crippen molar-refractivity contribution in [2.24, 2.45) is 0 Å². The summed E-state index contributed by atoms with van der Waals surface area (Å²) in [7, 11) is 3.24. The van der Waals surface area contributed by atoms with E-state index in [0.29, 0.717) is 6.10 Å². The summed E-state index contributed by atoms with van der Waals surface area (Å²) in [5, 5.41) is 3.25. The number of methoxy groups -OCH3 is 2. The van der Waals surface area contributed by atoms with Gasteiger partial charge >= 0.3 is 5.97 Å². The molecule has 1 aliphatic heterocycles. The van der Waals surface area contributed by atoms with Crippen LogP contribution in [-0.2, 0) is 14.3 Å². The Hall–Kier alpha value is -0.650. The number of esters is 1. The van der Waals surface area contributed by atoms with Crippen LogP contribution in [0.1, 0.15) is 39.5 Å². The number of carbonyl (C=O) groups excluding carboxylic acids is 1. The van der Waals surface area contributed by atoms with Gasteiger partial charge < -0.3 is 19.7 Å². The van der Waals surface area contributed by atoms with E-state index in [1.807, 2.05) is 13.8 Å². The summed E-state index contributed by atoms with van der Waals surface area (Å²) in [6, 6.07) is 0. The van der Waals surface area contributed by atoms with E-state index >= 15 is 0 Å². The van der Waals surface area contributed by atoms with Crippen LogP contribution in [-0.4, -0.2) is 62.9 Å². The van der Waals surface area contributed by atoms with Gasteiger partial charge in [0.15, 0.2) is 0 Å². The highest BCUT2D eigenvalue weighted by Gasteiger charge is 2.33. The lowest BCUT2D eigenvalue weighted by Gasteiger charge is -2.33. The van der Waals surface area contributed by atoms with Gasteiger partial charge in [0.05, 0.1) is 13.2 Å². The first-order chi connectivity index (χ1) is 9.55. The van der Waals surface area contributed by atoms with Crippen molar-refractivity contribution in [3.05, 3.63) is 0 Å². The van der Waals surface area contributed by atoms with Gasteiger partial charge in [0.25, 0.3) is 0 Å². The SMILES string of the molecule is CCNC(C)(CCCN1CCCC(OC)C1)C(=O)OC. The Balaban J connectivity index is 2.38. The molecule has 1 heterocycles. The van der Waals surface area contributed by atoms with Crippen LogP contribution in [0.25, 0.3) is 0 Å². The Morgan fingerprint density at radius 2 is 2.20 bits per heavy atom. The van der Waals surface area contributed by atoms with Gasteiger partial charge in [-0.15, -0.1) is 0 Å². The molecule has 0 aromatic carbocycles. The van der Waals surface area contributed by atoms with E-state index < -0.39 is 5.54 Å². The zero-order valence-corrected chi connectivity index (χ0v) is 13.4. The molecule has 5 nitrogen and oxygen atoms in total. The lowest BCUT2D eigenvalue weighted by Crippen LogP contribution is -2.50. The zero-order valence-electron chi connectivity index (χ0n) is 13.4. The number of likely N-dealkylation sites (tertiary alicyclic amines) is 1. The molecule has 0 saturated carbocycles. The highest BCUT2D eigenvalue weighted by molar-refractivity contribution is 5.80. The summed E-state index contributed by atoms with van der Waals surface area (Å²) >= 11 is 0.